The molecule has 25 heavy (non-hydrogen) atoms. The Hall–Kier alpha value is -2.40. The monoisotopic (exact) mass is 337 g/mol. The predicted molar refractivity (Wildman–Crippen MR) is 95.6 cm³/mol. The van der Waals surface area contributed by atoms with Crippen molar-refractivity contribution >= 4 is 5.91 Å². The molecule has 4 rings (SSSR count). The Kier molecular flexibility index (Phi) is 4.17. The molecule has 1 amide bonds. The van der Waals surface area contributed by atoms with Gasteiger partial charge in [0.25, 0.3) is 5.91 Å². The molecule has 2 aliphatic rings. The second kappa shape index (κ2) is 6.48. The highest BCUT2D eigenvalue weighted by Gasteiger charge is 2.43. The number of hydrogen-bond acceptors (Lipinski definition) is 4. The second-order valence-electron chi connectivity index (χ2n) is 7.07. The molecule has 130 valence electrons. The summed E-state index contributed by atoms with van der Waals surface area (Å²) in [5, 5.41) is 3.18. The molecule has 5 heteroatoms. The molecule has 0 radical (unpaired) electrons. The third-order valence-electron chi connectivity index (χ3n) is 5.30. The molecule has 0 bridgehead atoms. The Bertz CT molecular complexity index is 755. The topological polar surface area (TPSA) is 54.5 Å². The van der Waals surface area contributed by atoms with Crippen LogP contribution in [-0.4, -0.2) is 41.5 Å². The summed E-state index contributed by atoms with van der Waals surface area (Å²) in [4.78, 5) is 19.1. The second-order valence-corrected chi connectivity index (χ2v) is 7.07. The van der Waals surface area contributed by atoms with E-state index in [2.05, 4.69) is 22.2 Å². The number of carbonyl (C=O) groups excluding carboxylic acids is 1. The van der Waals surface area contributed by atoms with Crippen LogP contribution in [-0.2, 0) is 0 Å². The van der Waals surface area contributed by atoms with Gasteiger partial charge in [-0.2, -0.15) is 0 Å². The first kappa shape index (κ1) is 16.1. The maximum atomic E-state index is 12.6. The van der Waals surface area contributed by atoms with Crippen molar-refractivity contribution in [2.24, 2.45) is 0 Å². The minimum atomic E-state index is -0.192. The van der Waals surface area contributed by atoms with Crippen LogP contribution in [0.3, 0.4) is 0 Å². The quantitative estimate of drug-likeness (QED) is 0.915. The molecule has 2 aliphatic heterocycles. The van der Waals surface area contributed by atoms with E-state index >= 15 is 0 Å². The van der Waals surface area contributed by atoms with E-state index in [1.54, 1.807) is 12.3 Å². The van der Waals surface area contributed by atoms with E-state index in [0.717, 1.165) is 43.7 Å². The van der Waals surface area contributed by atoms with Gasteiger partial charge in [0.1, 0.15) is 17.0 Å². The van der Waals surface area contributed by atoms with Crippen LogP contribution in [0.15, 0.2) is 48.7 Å². The highest BCUT2D eigenvalue weighted by Crippen LogP contribution is 2.44. The fourth-order valence-corrected chi connectivity index (χ4v) is 3.81. The SMILES string of the molecule is CN1CCC2(CC1)CC(NC(=O)c1ccccn1)c1ccccc1O2. The van der Waals surface area contributed by atoms with E-state index in [9.17, 15) is 4.79 Å². The number of ether oxygens (including phenoxy) is 1. The van der Waals surface area contributed by atoms with Gasteiger partial charge in [0.2, 0.25) is 0 Å². The van der Waals surface area contributed by atoms with Gasteiger partial charge in [-0.05, 0) is 38.1 Å². The number of para-hydroxylation sites is 1. The van der Waals surface area contributed by atoms with Gasteiger partial charge in [-0.25, -0.2) is 0 Å². The molecule has 3 heterocycles. The number of fused-ring (bicyclic) bond motifs is 1. The van der Waals surface area contributed by atoms with Crippen molar-refractivity contribution < 1.29 is 9.53 Å². The van der Waals surface area contributed by atoms with Crippen molar-refractivity contribution in [1.82, 2.24) is 15.2 Å². The van der Waals surface area contributed by atoms with E-state index in [-0.39, 0.29) is 17.6 Å². The van der Waals surface area contributed by atoms with Gasteiger partial charge in [0, 0.05) is 31.3 Å². The fraction of sp³-hybridized carbons (Fsp3) is 0.400. The zero-order valence-electron chi connectivity index (χ0n) is 14.4. The number of pyridine rings is 1. The molecule has 1 N–H and O–H groups in total. The minimum Gasteiger partial charge on any atom is -0.487 e. The van der Waals surface area contributed by atoms with Gasteiger partial charge in [-0.3, -0.25) is 9.78 Å². The molecule has 1 spiro atoms. The molecular formula is C20H23N3O2. The molecule has 1 fully saturated rings. The summed E-state index contributed by atoms with van der Waals surface area (Å²) in [6.45, 7) is 2.03. The van der Waals surface area contributed by atoms with Gasteiger partial charge >= 0.3 is 0 Å². The highest BCUT2D eigenvalue weighted by atomic mass is 16.5. The maximum absolute atomic E-state index is 12.6. The average molecular weight is 337 g/mol. The van der Waals surface area contributed by atoms with Crippen molar-refractivity contribution in [3.8, 4) is 5.75 Å². The van der Waals surface area contributed by atoms with E-state index in [1.807, 2.05) is 36.4 Å². The molecule has 0 saturated carbocycles. The van der Waals surface area contributed by atoms with Gasteiger partial charge < -0.3 is 15.0 Å². The largest absolute Gasteiger partial charge is 0.487 e. The lowest BCUT2D eigenvalue weighted by Crippen LogP contribution is -2.51. The lowest BCUT2D eigenvalue weighted by atomic mass is 9.80. The normalized spacial score (nSPS) is 22.0. The standard InChI is InChI=1S/C20H23N3O2/c1-23-12-9-20(10-13-23)14-17(15-6-2-3-8-18(15)25-20)22-19(24)16-7-4-5-11-21-16/h2-8,11,17H,9-10,12-14H2,1H3,(H,22,24). The van der Waals surface area contributed by atoms with Crippen LogP contribution in [0.4, 0.5) is 0 Å². The summed E-state index contributed by atoms with van der Waals surface area (Å²) < 4.78 is 6.43. The summed E-state index contributed by atoms with van der Waals surface area (Å²) in [7, 11) is 2.14. The van der Waals surface area contributed by atoms with Crippen LogP contribution in [0.25, 0.3) is 0 Å². The molecule has 0 aliphatic carbocycles. The van der Waals surface area contributed by atoms with Crippen molar-refractivity contribution in [2.45, 2.75) is 30.9 Å². The van der Waals surface area contributed by atoms with E-state index < -0.39 is 0 Å². The van der Waals surface area contributed by atoms with Crippen LogP contribution < -0.4 is 10.1 Å². The van der Waals surface area contributed by atoms with E-state index in [1.165, 1.54) is 0 Å². The number of benzene rings is 1. The van der Waals surface area contributed by atoms with Gasteiger partial charge in [0.05, 0.1) is 6.04 Å². The number of likely N-dealkylation sites (tertiary alicyclic amines) is 1. The van der Waals surface area contributed by atoms with E-state index in [0.29, 0.717) is 5.69 Å². The van der Waals surface area contributed by atoms with Gasteiger partial charge in [-0.15, -0.1) is 0 Å². The van der Waals surface area contributed by atoms with Crippen LogP contribution in [0.1, 0.15) is 41.4 Å². The predicted octanol–water partition coefficient (Wildman–Crippen LogP) is 2.80. The van der Waals surface area contributed by atoms with Gasteiger partial charge in [-0.1, -0.05) is 24.3 Å². The van der Waals surface area contributed by atoms with Crippen LogP contribution in [0, 0.1) is 0 Å². The number of rotatable bonds is 2. The summed E-state index contributed by atoms with van der Waals surface area (Å²) in [6.07, 6.45) is 4.41. The Morgan fingerprint density at radius 3 is 2.72 bits per heavy atom. The van der Waals surface area contributed by atoms with Crippen molar-refractivity contribution in [3.63, 3.8) is 0 Å². The third kappa shape index (κ3) is 3.24. The van der Waals surface area contributed by atoms with Crippen LogP contribution in [0.5, 0.6) is 5.75 Å². The minimum absolute atomic E-state index is 0.0529. The lowest BCUT2D eigenvalue weighted by Gasteiger charge is -2.46. The number of aromatic nitrogens is 1. The summed E-state index contributed by atoms with van der Waals surface area (Å²) in [6, 6.07) is 13.4. The zero-order chi connectivity index (χ0) is 17.3. The smallest absolute Gasteiger partial charge is 0.270 e. The number of piperidine rings is 1. The third-order valence-corrected chi connectivity index (χ3v) is 5.30. The van der Waals surface area contributed by atoms with Crippen LogP contribution >= 0.6 is 0 Å². The first-order valence-corrected chi connectivity index (χ1v) is 8.84. The summed E-state index contributed by atoms with van der Waals surface area (Å²) >= 11 is 0. The first-order valence-electron chi connectivity index (χ1n) is 8.84. The number of hydrogen-bond donors (Lipinski definition) is 1. The molecule has 2 aromatic rings. The van der Waals surface area contributed by atoms with Crippen molar-refractivity contribution in [3.05, 3.63) is 59.9 Å². The zero-order valence-corrected chi connectivity index (χ0v) is 14.4. The number of nitrogens with zero attached hydrogens (tertiary/aromatic N) is 2. The Morgan fingerprint density at radius 1 is 1.20 bits per heavy atom. The lowest BCUT2D eigenvalue weighted by molar-refractivity contribution is -0.0196. The Balaban J connectivity index is 1.60. The molecule has 1 saturated heterocycles. The molecule has 1 atom stereocenters. The van der Waals surface area contributed by atoms with Crippen molar-refractivity contribution in [2.75, 3.05) is 20.1 Å². The summed E-state index contributed by atoms with van der Waals surface area (Å²) in [5.41, 5.74) is 1.31. The molecule has 1 aromatic carbocycles. The number of carbonyl (C=O) groups is 1. The Morgan fingerprint density at radius 2 is 1.96 bits per heavy atom. The van der Waals surface area contributed by atoms with Gasteiger partial charge in [0.15, 0.2) is 0 Å². The highest BCUT2D eigenvalue weighted by molar-refractivity contribution is 5.92. The fourth-order valence-electron chi connectivity index (χ4n) is 3.81. The molecule has 1 aromatic heterocycles. The van der Waals surface area contributed by atoms with E-state index in [4.69, 9.17) is 4.74 Å². The average Bonchev–Trinajstić information content (AvgIpc) is 2.65. The number of nitrogens with one attached hydrogen (secondary N) is 1. The molecule has 1 unspecified atom stereocenters. The number of amides is 1. The summed E-state index contributed by atoms with van der Waals surface area (Å²) in [5.74, 6) is 0.759. The molecular weight excluding hydrogens is 314 g/mol. The van der Waals surface area contributed by atoms with Crippen molar-refractivity contribution in [1.29, 1.82) is 0 Å². The maximum Gasteiger partial charge on any atom is 0.270 e. The Labute approximate surface area is 148 Å². The molecule has 5 nitrogen and oxygen atoms in total. The van der Waals surface area contributed by atoms with Crippen LogP contribution in [0.2, 0.25) is 0 Å². The first-order chi connectivity index (χ1) is 12.2.